The topological polar surface area (TPSA) is 3.24 Å². The summed E-state index contributed by atoms with van der Waals surface area (Å²) < 4.78 is 66.4. The molecule has 20 heavy (non-hydrogen) atoms. The Morgan fingerprint density at radius 2 is 1.70 bits per heavy atom. The van der Waals surface area contributed by atoms with E-state index in [1.807, 2.05) is 0 Å². The van der Waals surface area contributed by atoms with Gasteiger partial charge in [0.25, 0.3) is 0 Å². The molecule has 0 amide bonds. The number of anilines is 1. The van der Waals surface area contributed by atoms with Crippen LogP contribution in [0, 0.1) is 11.6 Å². The van der Waals surface area contributed by atoms with E-state index in [0.717, 1.165) is 17.0 Å². The van der Waals surface area contributed by atoms with Gasteiger partial charge in [-0.3, -0.25) is 0 Å². The third-order valence-corrected chi connectivity index (χ3v) is 3.60. The molecule has 1 aliphatic heterocycles. The summed E-state index contributed by atoms with van der Waals surface area (Å²) in [6, 6.07) is 0.344. The van der Waals surface area contributed by atoms with Gasteiger partial charge in [0.1, 0.15) is 17.7 Å². The molecule has 0 aromatic heterocycles. The van der Waals surface area contributed by atoms with E-state index in [2.05, 4.69) is 0 Å². The Balaban J connectivity index is 2.39. The molecule has 1 fully saturated rings. The van der Waals surface area contributed by atoms with Gasteiger partial charge in [-0.25, -0.2) is 8.78 Å². The minimum Gasteiger partial charge on any atom is -0.360 e. The molecule has 1 atom stereocenters. The summed E-state index contributed by atoms with van der Waals surface area (Å²) in [6.45, 7) is 3.43. The van der Waals surface area contributed by atoms with Crippen LogP contribution in [0.25, 0.3) is 0 Å². The Labute approximate surface area is 114 Å². The zero-order valence-corrected chi connectivity index (χ0v) is 11.3. The Hall–Kier alpha value is -1.33. The minimum atomic E-state index is -4.39. The van der Waals surface area contributed by atoms with Crippen molar-refractivity contribution in [3.05, 3.63) is 29.3 Å². The van der Waals surface area contributed by atoms with Crippen molar-refractivity contribution in [2.75, 3.05) is 11.4 Å². The second kappa shape index (κ2) is 5.22. The van der Waals surface area contributed by atoms with Crippen LogP contribution in [0.1, 0.15) is 38.2 Å². The predicted octanol–water partition coefficient (Wildman–Crippen LogP) is 4.62. The zero-order valence-electron chi connectivity index (χ0n) is 11.3. The lowest BCUT2D eigenvalue weighted by Gasteiger charge is -2.29. The molecule has 1 heterocycles. The van der Waals surface area contributed by atoms with Crippen LogP contribution in [0.5, 0.6) is 0 Å². The lowest BCUT2D eigenvalue weighted by Crippen LogP contribution is -2.41. The number of alkyl halides is 3. The van der Waals surface area contributed by atoms with Crippen molar-refractivity contribution in [3.8, 4) is 0 Å². The summed E-state index contributed by atoms with van der Waals surface area (Å²) in [7, 11) is 0. The predicted molar refractivity (Wildman–Crippen MR) is 66.9 cm³/mol. The second-order valence-corrected chi connectivity index (χ2v) is 5.37. The smallest absolute Gasteiger partial charge is 0.360 e. The van der Waals surface area contributed by atoms with E-state index < -0.39 is 23.9 Å². The van der Waals surface area contributed by atoms with Gasteiger partial charge < -0.3 is 4.90 Å². The molecule has 112 valence electrons. The number of benzene rings is 1. The number of halogens is 5. The van der Waals surface area contributed by atoms with E-state index in [1.54, 1.807) is 13.8 Å². The summed E-state index contributed by atoms with van der Waals surface area (Å²) in [6.07, 6.45) is -4.07. The molecule has 1 aromatic rings. The van der Waals surface area contributed by atoms with Gasteiger partial charge in [0.2, 0.25) is 0 Å². The summed E-state index contributed by atoms with van der Waals surface area (Å²) in [5.74, 6) is -1.94. The maximum absolute atomic E-state index is 13.9. The molecule has 1 aromatic carbocycles. The first kappa shape index (κ1) is 15.1. The Morgan fingerprint density at radius 3 is 2.15 bits per heavy atom. The van der Waals surface area contributed by atoms with Gasteiger partial charge in [-0.1, -0.05) is 13.8 Å². The molecule has 1 nitrogen and oxygen atoms in total. The maximum Gasteiger partial charge on any atom is 0.408 e. The fourth-order valence-corrected chi connectivity index (χ4v) is 2.70. The summed E-state index contributed by atoms with van der Waals surface area (Å²) in [4.78, 5) is 1.04. The van der Waals surface area contributed by atoms with Crippen LogP contribution in [-0.4, -0.2) is 18.8 Å². The van der Waals surface area contributed by atoms with E-state index >= 15 is 0 Å². The van der Waals surface area contributed by atoms with Crippen molar-refractivity contribution < 1.29 is 22.0 Å². The van der Waals surface area contributed by atoms with Gasteiger partial charge in [-0.2, -0.15) is 13.2 Å². The first-order valence-corrected chi connectivity index (χ1v) is 6.54. The largest absolute Gasteiger partial charge is 0.408 e. The normalized spacial score (nSPS) is 20.0. The van der Waals surface area contributed by atoms with E-state index in [9.17, 15) is 22.0 Å². The molecular formula is C14H16F5N. The third kappa shape index (κ3) is 2.74. The molecule has 0 aliphatic carbocycles. The minimum absolute atomic E-state index is 0.0378. The van der Waals surface area contributed by atoms with Gasteiger partial charge in [0.15, 0.2) is 0 Å². The van der Waals surface area contributed by atoms with Gasteiger partial charge in [-0.05, 0) is 30.9 Å². The van der Waals surface area contributed by atoms with Gasteiger partial charge in [0, 0.05) is 17.8 Å². The van der Waals surface area contributed by atoms with Crippen molar-refractivity contribution in [2.24, 2.45) is 0 Å². The SMILES string of the molecule is CC(C)c1c(F)cc(N2CCC[C@H]2C(F)(F)F)cc1F. The zero-order chi connectivity index (χ0) is 15.1. The van der Waals surface area contributed by atoms with E-state index in [0.29, 0.717) is 6.42 Å². The highest BCUT2D eigenvalue weighted by Gasteiger charge is 2.46. The van der Waals surface area contributed by atoms with Crippen LogP contribution in [0.3, 0.4) is 0 Å². The molecule has 0 saturated carbocycles. The van der Waals surface area contributed by atoms with Crippen molar-refractivity contribution >= 4 is 5.69 Å². The first-order chi connectivity index (χ1) is 9.21. The average molecular weight is 293 g/mol. The molecule has 0 radical (unpaired) electrons. The molecule has 2 rings (SSSR count). The van der Waals surface area contributed by atoms with Crippen LogP contribution in [0.15, 0.2) is 12.1 Å². The van der Waals surface area contributed by atoms with Crippen LogP contribution in [-0.2, 0) is 0 Å². The van der Waals surface area contributed by atoms with Crippen molar-refractivity contribution in [2.45, 2.75) is 44.8 Å². The number of hydrogen-bond donors (Lipinski definition) is 0. The Bertz CT molecular complexity index is 472. The van der Waals surface area contributed by atoms with Crippen molar-refractivity contribution in [1.29, 1.82) is 0 Å². The lowest BCUT2D eigenvalue weighted by atomic mass is 10.0. The van der Waals surface area contributed by atoms with Crippen LogP contribution in [0.4, 0.5) is 27.6 Å². The average Bonchev–Trinajstić information content (AvgIpc) is 2.75. The Morgan fingerprint density at radius 1 is 1.15 bits per heavy atom. The summed E-state index contributed by atoms with van der Waals surface area (Å²) in [5.41, 5.74) is -0.124. The fourth-order valence-electron chi connectivity index (χ4n) is 2.70. The fraction of sp³-hybridized carbons (Fsp3) is 0.571. The number of hydrogen-bond acceptors (Lipinski definition) is 1. The van der Waals surface area contributed by atoms with Crippen LogP contribution < -0.4 is 4.90 Å². The van der Waals surface area contributed by atoms with Gasteiger partial charge in [-0.15, -0.1) is 0 Å². The number of nitrogens with zero attached hydrogens (tertiary/aromatic N) is 1. The second-order valence-electron chi connectivity index (χ2n) is 5.37. The van der Waals surface area contributed by atoms with E-state index in [4.69, 9.17) is 0 Å². The number of rotatable bonds is 2. The van der Waals surface area contributed by atoms with Crippen molar-refractivity contribution in [1.82, 2.24) is 0 Å². The summed E-state index contributed by atoms with van der Waals surface area (Å²) in [5, 5.41) is 0. The van der Waals surface area contributed by atoms with Crippen LogP contribution in [0.2, 0.25) is 0 Å². The maximum atomic E-state index is 13.9. The monoisotopic (exact) mass is 293 g/mol. The Kier molecular flexibility index (Phi) is 3.93. The highest BCUT2D eigenvalue weighted by atomic mass is 19.4. The standard InChI is InChI=1S/C14H16F5N/c1-8(2)13-10(15)6-9(7-11(13)16)20-5-3-4-12(20)14(17,18)19/h6-8,12H,3-5H2,1-2H3/t12-/m0/s1. The quantitative estimate of drug-likeness (QED) is 0.719. The molecule has 0 bridgehead atoms. The molecule has 1 aliphatic rings. The molecule has 6 heteroatoms. The molecule has 1 saturated heterocycles. The lowest BCUT2D eigenvalue weighted by molar-refractivity contribution is -0.146. The van der Waals surface area contributed by atoms with E-state index in [-0.39, 0.29) is 30.1 Å². The molecular weight excluding hydrogens is 277 g/mol. The third-order valence-electron chi connectivity index (χ3n) is 3.60. The highest BCUT2D eigenvalue weighted by Crippen LogP contribution is 2.37. The molecule has 0 unspecified atom stereocenters. The summed E-state index contributed by atoms with van der Waals surface area (Å²) >= 11 is 0. The van der Waals surface area contributed by atoms with Gasteiger partial charge in [0.05, 0.1) is 0 Å². The molecule has 0 N–H and O–H groups in total. The van der Waals surface area contributed by atoms with E-state index in [1.165, 1.54) is 0 Å². The van der Waals surface area contributed by atoms with Crippen LogP contribution >= 0.6 is 0 Å². The molecule has 0 spiro atoms. The van der Waals surface area contributed by atoms with Gasteiger partial charge >= 0.3 is 6.18 Å². The first-order valence-electron chi connectivity index (χ1n) is 6.54. The van der Waals surface area contributed by atoms with Crippen molar-refractivity contribution in [3.63, 3.8) is 0 Å². The highest BCUT2D eigenvalue weighted by molar-refractivity contribution is 5.51.